The molecule has 68 valence electrons. The molecule has 2 heterocycles. The van der Waals surface area contributed by atoms with Crippen molar-refractivity contribution < 1.29 is 29.6 Å². The highest BCUT2D eigenvalue weighted by Crippen LogP contribution is 2.28. The van der Waals surface area contributed by atoms with E-state index in [1.807, 2.05) is 0 Å². The number of fused-ring (bicyclic) bond motifs is 2. The molecule has 12 heavy (non-hydrogen) atoms. The summed E-state index contributed by atoms with van der Waals surface area (Å²) in [5.41, 5.74) is 0. The Morgan fingerprint density at radius 2 is 1.75 bits per heavy atom. The largest absolute Gasteiger partial charge is 0.431 e. The number of carbonyl (C=O) groups excluding carboxylic acids is 1. The van der Waals surface area contributed by atoms with Crippen molar-refractivity contribution in [2.45, 2.75) is 30.7 Å². The fourth-order valence-electron chi connectivity index (χ4n) is 1.32. The lowest BCUT2D eigenvalue weighted by Gasteiger charge is -2.30. The highest BCUT2D eigenvalue weighted by molar-refractivity contribution is 5.77. The van der Waals surface area contributed by atoms with Gasteiger partial charge in [-0.3, -0.25) is 0 Å². The molecule has 6 nitrogen and oxygen atoms in total. The molecule has 2 bridgehead atoms. The van der Waals surface area contributed by atoms with E-state index in [9.17, 15) is 4.79 Å². The van der Waals surface area contributed by atoms with Crippen LogP contribution in [0.25, 0.3) is 0 Å². The molecule has 0 amide bonds. The summed E-state index contributed by atoms with van der Waals surface area (Å²) in [4.78, 5) is 10.8. The lowest BCUT2D eigenvalue weighted by atomic mass is 10.0. The van der Waals surface area contributed by atoms with Crippen molar-refractivity contribution in [1.82, 2.24) is 0 Å². The molecule has 6 heteroatoms. The maximum atomic E-state index is 10.8. The Labute approximate surface area is 67.3 Å². The van der Waals surface area contributed by atoms with Crippen LogP contribution in [-0.4, -0.2) is 52.0 Å². The van der Waals surface area contributed by atoms with Gasteiger partial charge in [-0.15, -0.1) is 0 Å². The van der Waals surface area contributed by atoms with Gasteiger partial charge < -0.3 is 24.8 Å². The first-order chi connectivity index (χ1) is 5.61. The first-order valence-electron chi connectivity index (χ1n) is 3.51. The molecule has 0 radical (unpaired) electrons. The standard InChI is InChI=1S/C6H8O6/c7-1-2(8)4-5(10)12-6(11-4)3(1)9/h1-4,6-9H. The van der Waals surface area contributed by atoms with Gasteiger partial charge in [0.1, 0.15) is 18.3 Å². The highest BCUT2D eigenvalue weighted by atomic mass is 16.8. The molecule has 0 aliphatic carbocycles. The van der Waals surface area contributed by atoms with Crippen LogP contribution in [0.15, 0.2) is 0 Å². The second-order valence-electron chi connectivity index (χ2n) is 2.83. The van der Waals surface area contributed by atoms with Crippen molar-refractivity contribution in [3.8, 4) is 0 Å². The second kappa shape index (κ2) is 2.40. The van der Waals surface area contributed by atoms with Gasteiger partial charge in [-0.05, 0) is 0 Å². The monoisotopic (exact) mass is 176 g/mol. The summed E-state index contributed by atoms with van der Waals surface area (Å²) in [7, 11) is 0. The maximum absolute atomic E-state index is 10.8. The Bertz CT molecular complexity index is 214. The fourth-order valence-corrected chi connectivity index (χ4v) is 1.32. The number of aliphatic hydroxyl groups is 3. The normalized spacial score (nSPS) is 52.2. The van der Waals surface area contributed by atoms with E-state index >= 15 is 0 Å². The number of carbonyl (C=O) groups is 1. The van der Waals surface area contributed by atoms with Crippen LogP contribution in [0.3, 0.4) is 0 Å². The van der Waals surface area contributed by atoms with Gasteiger partial charge in [0, 0.05) is 0 Å². The van der Waals surface area contributed by atoms with Crippen LogP contribution in [0.1, 0.15) is 0 Å². The Kier molecular flexibility index (Phi) is 1.58. The average molecular weight is 176 g/mol. The van der Waals surface area contributed by atoms with Gasteiger partial charge in [-0.1, -0.05) is 0 Å². The molecule has 0 aromatic carbocycles. The lowest BCUT2D eigenvalue weighted by molar-refractivity contribution is -0.228. The third kappa shape index (κ3) is 0.862. The van der Waals surface area contributed by atoms with Crippen molar-refractivity contribution in [3.63, 3.8) is 0 Å². The molecule has 3 N–H and O–H groups in total. The average Bonchev–Trinajstić information content (AvgIpc) is 2.39. The van der Waals surface area contributed by atoms with E-state index in [0.717, 1.165) is 0 Å². The maximum Gasteiger partial charge on any atom is 0.340 e. The predicted octanol–water partition coefficient (Wildman–Crippen LogP) is -2.65. The van der Waals surface area contributed by atoms with E-state index in [4.69, 9.17) is 20.1 Å². The molecule has 5 unspecified atom stereocenters. The fraction of sp³-hybridized carbons (Fsp3) is 0.833. The second-order valence-corrected chi connectivity index (χ2v) is 2.83. The Morgan fingerprint density at radius 3 is 2.42 bits per heavy atom. The lowest BCUT2D eigenvalue weighted by Crippen LogP contribution is -2.54. The van der Waals surface area contributed by atoms with E-state index in [1.165, 1.54) is 0 Å². The Hall–Kier alpha value is -0.690. The molecule has 0 saturated carbocycles. The first kappa shape index (κ1) is 7.93. The molecule has 0 aromatic heterocycles. The summed E-state index contributed by atoms with van der Waals surface area (Å²) < 4.78 is 9.28. The highest BCUT2D eigenvalue weighted by Gasteiger charge is 2.54. The van der Waals surface area contributed by atoms with E-state index in [0.29, 0.717) is 0 Å². The third-order valence-electron chi connectivity index (χ3n) is 2.03. The van der Waals surface area contributed by atoms with E-state index in [1.54, 1.807) is 0 Å². The summed E-state index contributed by atoms with van der Waals surface area (Å²) in [6.45, 7) is 0. The number of hydrogen-bond donors (Lipinski definition) is 3. The Balaban J connectivity index is 2.25. The summed E-state index contributed by atoms with van der Waals surface area (Å²) in [6, 6.07) is 0. The summed E-state index contributed by atoms with van der Waals surface area (Å²) in [5, 5.41) is 27.4. The topological polar surface area (TPSA) is 96.2 Å². The van der Waals surface area contributed by atoms with E-state index in [-0.39, 0.29) is 0 Å². The van der Waals surface area contributed by atoms with Gasteiger partial charge in [0.15, 0.2) is 6.10 Å². The molecule has 2 rings (SSSR count). The van der Waals surface area contributed by atoms with Crippen molar-refractivity contribution >= 4 is 5.97 Å². The summed E-state index contributed by atoms with van der Waals surface area (Å²) >= 11 is 0. The summed E-state index contributed by atoms with van der Waals surface area (Å²) in [5.74, 6) is -0.747. The van der Waals surface area contributed by atoms with E-state index < -0.39 is 36.7 Å². The van der Waals surface area contributed by atoms with Gasteiger partial charge >= 0.3 is 5.97 Å². The molecule has 2 saturated heterocycles. The molecule has 0 aromatic rings. The molecule has 5 atom stereocenters. The SMILES string of the molecule is O=C1OC2OC1C(O)C(O)C2O. The van der Waals surface area contributed by atoms with Crippen molar-refractivity contribution in [1.29, 1.82) is 0 Å². The van der Waals surface area contributed by atoms with Crippen molar-refractivity contribution in [2.24, 2.45) is 0 Å². The zero-order valence-corrected chi connectivity index (χ0v) is 5.95. The number of aliphatic hydroxyl groups excluding tert-OH is 3. The molecule has 2 aliphatic heterocycles. The van der Waals surface area contributed by atoms with Crippen LogP contribution in [-0.2, 0) is 14.3 Å². The molecular formula is C6H8O6. The molecule has 2 aliphatic rings. The Morgan fingerprint density at radius 1 is 1.08 bits per heavy atom. The van der Waals surface area contributed by atoms with Crippen LogP contribution in [0, 0.1) is 0 Å². The zero-order valence-electron chi connectivity index (χ0n) is 5.95. The zero-order chi connectivity index (χ0) is 8.88. The van der Waals surface area contributed by atoms with Crippen molar-refractivity contribution in [2.75, 3.05) is 0 Å². The van der Waals surface area contributed by atoms with Crippen LogP contribution in [0.2, 0.25) is 0 Å². The van der Waals surface area contributed by atoms with Crippen LogP contribution in [0.5, 0.6) is 0 Å². The number of esters is 1. The number of ether oxygens (including phenoxy) is 2. The molecule has 2 fully saturated rings. The van der Waals surface area contributed by atoms with Gasteiger partial charge in [0.25, 0.3) is 0 Å². The number of hydrogen-bond acceptors (Lipinski definition) is 6. The van der Waals surface area contributed by atoms with Gasteiger partial charge in [0.2, 0.25) is 6.29 Å². The minimum Gasteiger partial charge on any atom is -0.431 e. The minimum atomic E-state index is -1.41. The smallest absolute Gasteiger partial charge is 0.340 e. The summed E-state index contributed by atoms with van der Waals surface area (Å²) in [6.07, 6.45) is -6.47. The quantitative estimate of drug-likeness (QED) is 0.349. The van der Waals surface area contributed by atoms with E-state index in [2.05, 4.69) is 4.74 Å². The predicted molar refractivity (Wildman–Crippen MR) is 32.8 cm³/mol. The van der Waals surface area contributed by atoms with Crippen LogP contribution >= 0.6 is 0 Å². The molecular weight excluding hydrogens is 168 g/mol. The van der Waals surface area contributed by atoms with Gasteiger partial charge in [-0.25, -0.2) is 4.79 Å². The van der Waals surface area contributed by atoms with Gasteiger partial charge in [0.05, 0.1) is 0 Å². The van der Waals surface area contributed by atoms with Gasteiger partial charge in [-0.2, -0.15) is 0 Å². The van der Waals surface area contributed by atoms with Crippen LogP contribution < -0.4 is 0 Å². The minimum absolute atomic E-state index is 0.747. The van der Waals surface area contributed by atoms with Crippen molar-refractivity contribution in [3.05, 3.63) is 0 Å². The number of rotatable bonds is 0. The van der Waals surface area contributed by atoms with Crippen LogP contribution in [0.4, 0.5) is 0 Å². The first-order valence-corrected chi connectivity index (χ1v) is 3.51. The molecule has 0 spiro atoms. The third-order valence-corrected chi connectivity index (χ3v) is 2.03.